The number of sulfonamides is 1. The zero-order valence-electron chi connectivity index (χ0n) is 11.9. The number of aryl methyl sites for hydroxylation is 1. The number of methoxy groups -OCH3 is 1. The third kappa shape index (κ3) is 4.02. The summed E-state index contributed by atoms with van der Waals surface area (Å²) in [5.41, 5.74) is 0.474. The van der Waals surface area contributed by atoms with E-state index >= 15 is 0 Å². The van der Waals surface area contributed by atoms with Gasteiger partial charge in [-0.3, -0.25) is 4.79 Å². The molecule has 0 fully saturated rings. The number of esters is 1. The Morgan fingerprint density at radius 3 is 2.48 bits per heavy atom. The van der Waals surface area contributed by atoms with Crippen LogP contribution in [0, 0.1) is 6.92 Å². The van der Waals surface area contributed by atoms with Gasteiger partial charge in [0.05, 0.1) is 17.6 Å². The SMILES string of the molecule is CC[C@H](NS(=O)(=O)c1cc(C(=O)OC)ccc1C)C(=O)O. The van der Waals surface area contributed by atoms with Crippen molar-refractivity contribution in [2.75, 3.05) is 7.11 Å². The standard InChI is InChI=1S/C13H17NO6S/c1-4-10(12(15)16)14-21(18,19)11-7-9(13(17)20-3)6-5-8(11)2/h5-7,10,14H,4H2,1-3H3,(H,15,16)/t10-/m0/s1. The van der Waals surface area contributed by atoms with E-state index in [0.717, 1.165) is 6.07 Å². The summed E-state index contributed by atoms with van der Waals surface area (Å²) in [6.45, 7) is 3.11. The number of benzene rings is 1. The quantitative estimate of drug-likeness (QED) is 0.756. The number of ether oxygens (including phenoxy) is 1. The van der Waals surface area contributed by atoms with E-state index in [1.54, 1.807) is 13.8 Å². The molecule has 0 amide bonds. The smallest absolute Gasteiger partial charge is 0.337 e. The summed E-state index contributed by atoms with van der Waals surface area (Å²) in [6, 6.07) is 2.84. The third-order valence-electron chi connectivity index (χ3n) is 2.90. The first-order valence-corrected chi connectivity index (χ1v) is 7.65. The molecule has 1 rings (SSSR count). The first-order chi connectivity index (χ1) is 9.72. The predicted octanol–water partition coefficient (Wildman–Crippen LogP) is 0.923. The van der Waals surface area contributed by atoms with Crippen molar-refractivity contribution >= 4 is 22.0 Å². The Bertz CT molecular complexity index is 653. The summed E-state index contributed by atoms with van der Waals surface area (Å²) in [4.78, 5) is 22.3. The Morgan fingerprint density at radius 1 is 1.38 bits per heavy atom. The summed E-state index contributed by atoms with van der Waals surface area (Å²) >= 11 is 0. The van der Waals surface area contributed by atoms with Gasteiger partial charge in [-0.05, 0) is 31.0 Å². The minimum Gasteiger partial charge on any atom is -0.480 e. The minimum absolute atomic E-state index is 0.0758. The Balaban J connectivity index is 3.24. The van der Waals surface area contributed by atoms with Crippen molar-refractivity contribution in [2.24, 2.45) is 0 Å². The molecule has 0 unspecified atom stereocenters. The average molecular weight is 315 g/mol. The van der Waals surface area contributed by atoms with Crippen LogP contribution in [0.1, 0.15) is 29.3 Å². The van der Waals surface area contributed by atoms with Crippen molar-refractivity contribution in [2.45, 2.75) is 31.2 Å². The molecular weight excluding hydrogens is 298 g/mol. The van der Waals surface area contributed by atoms with Crippen LogP contribution in [0.3, 0.4) is 0 Å². The summed E-state index contributed by atoms with van der Waals surface area (Å²) in [5.74, 6) is -1.93. The van der Waals surface area contributed by atoms with E-state index in [9.17, 15) is 18.0 Å². The van der Waals surface area contributed by atoms with Gasteiger partial charge in [0.15, 0.2) is 0 Å². The average Bonchev–Trinajstić information content (AvgIpc) is 2.43. The molecule has 0 aliphatic carbocycles. The molecule has 0 spiro atoms. The third-order valence-corrected chi connectivity index (χ3v) is 4.52. The molecule has 1 aromatic carbocycles. The van der Waals surface area contributed by atoms with Gasteiger partial charge in [0.1, 0.15) is 6.04 Å². The van der Waals surface area contributed by atoms with Gasteiger partial charge in [0.2, 0.25) is 10.0 Å². The molecule has 0 heterocycles. The second-order valence-electron chi connectivity index (χ2n) is 4.39. The number of hydrogen-bond donors (Lipinski definition) is 2. The Hall–Kier alpha value is -1.93. The normalized spacial score (nSPS) is 12.7. The van der Waals surface area contributed by atoms with Crippen LogP contribution in [-0.2, 0) is 19.6 Å². The highest BCUT2D eigenvalue weighted by molar-refractivity contribution is 7.89. The van der Waals surface area contributed by atoms with Crippen LogP contribution in [-0.4, -0.2) is 38.6 Å². The van der Waals surface area contributed by atoms with Crippen LogP contribution in [0.5, 0.6) is 0 Å². The lowest BCUT2D eigenvalue weighted by Crippen LogP contribution is -2.40. The highest BCUT2D eigenvalue weighted by Crippen LogP contribution is 2.18. The lowest BCUT2D eigenvalue weighted by atomic mass is 10.1. The van der Waals surface area contributed by atoms with Crippen LogP contribution in [0.2, 0.25) is 0 Å². The van der Waals surface area contributed by atoms with Crippen molar-refractivity contribution in [3.8, 4) is 0 Å². The second-order valence-corrected chi connectivity index (χ2v) is 6.07. The highest BCUT2D eigenvalue weighted by Gasteiger charge is 2.26. The molecule has 8 heteroatoms. The number of hydrogen-bond acceptors (Lipinski definition) is 5. The maximum absolute atomic E-state index is 12.3. The summed E-state index contributed by atoms with van der Waals surface area (Å²) in [6.07, 6.45) is 0.101. The lowest BCUT2D eigenvalue weighted by molar-refractivity contribution is -0.139. The summed E-state index contributed by atoms with van der Waals surface area (Å²) < 4.78 is 31.2. The fourth-order valence-corrected chi connectivity index (χ4v) is 3.24. The first-order valence-electron chi connectivity index (χ1n) is 6.17. The summed E-state index contributed by atoms with van der Waals surface area (Å²) in [7, 11) is -2.86. The topological polar surface area (TPSA) is 110 Å². The molecule has 2 N–H and O–H groups in total. The van der Waals surface area contributed by atoms with E-state index in [-0.39, 0.29) is 16.9 Å². The zero-order chi connectivity index (χ0) is 16.2. The Labute approximate surface area is 123 Å². The van der Waals surface area contributed by atoms with E-state index < -0.39 is 28.0 Å². The predicted molar refractivity (Wildman–Crippen MR) is 74.6 cm³/mol. The molecule has 1 atom stereocenters. The molecule has 21 heavy (non-hydrogen) atoms. The number of carboxylic acid groups (broad SMARTS) is 1. The van der Waals surface area contributed by atoms with Crippen molar-refractivity contribution in [3.05, 3.63) is 29.3 Å². The molecule has 0 bridgehead atoms. The first kappa shape index (κ1) is 17.1. The van der Waals surface area contributed by atoms with Crippen LogP contribution in [0.4, 0.5) is 0 Å². The van der Waals surface area contributed by atoms with Crippen molar-refractivity contribution in [1.82, 2.24) is 4.72 Å². The molecule has 0 aliphatic heterocycles. The molecule has 0 saturated heterocycles. The monoisotopic (exact) mass is 315 g/mol. The van der Waals surface area contributed by atoms with Gasteiger partial charge in [-0.1, -0.05) is 13.0 Å². The van der Waals surface area contributed by atoms with Crippen LogP contribution in [0.25, 0.3) is 0 Å². The van der Waals surface area contributed by atoms with E-state index in [1.165, 1.54) is 19.2 Å². The van der Waals surface area contributed by atoms with Crippen LogP contribution >= 0.6 is 0 Å². The molecular formula is C13H17NO6S. The Morgan fingerprint density at radius 2 is 2.00 bits per heavy atom. The van der Waals surface area contributed by atoms with Crippen molar-refractivity contribution in [1.29, 1.82) is 0 Å². The van der Waals surface area contributed by atoms with Crippen molar-refractivity contribution < 1.29 is 27.9 Å². The van der Waals surface area contributed by atoms with Gasteiger partial charge in [-0.2, -0.15) is 4.72 Å². The minimum atomic E-state index is -4.05. The zero-order valence-corrected chi connectivity index (χ0v) is 12.7. The fraction of sp³-hybridized carbons (Fsp3) is 0.385. The molecule has 0 saturated carbocycles. The molecule has 7 nitrogen and oxygen atoms in total. The van der Waals surface area contributed by atoms with Crippen molar-refractivity contribution in [3.63, 3.8) is 0 Å². The maximum atomic E-state index is 12.3. The van der Waals surface area contributed by atoms with Gasteiger partial charge >= 0.3 is 11.9 Å². The number of nitrogens with one attached hydrogen (secondary N) is 1. The van der Waals surface area contributed by atoms with E-state index in [4.69, 9.17) is 5.11 Å². The molecule has 0 aliphatic rings. The lowest BCUT2D eigenvalue weighted by Gasteiger charge is -2.14. The van der Waals surface area contributed by atoms with Gasteiger partial charge in [-0.15, -0.1) is 0 Å². The number of carbonyl (C=O) groups excluding carboxylic acids is 1. The van der Waals surface area contributed by atoms with Gasteiger partial charge in [0.25, 0.3) is 0 Å². The number of rotatable bonds is 6. The maximum Gasteiger partial charge on any atom is 0.337 e. The highest BCUT2D eigenvalue weighted by atomic mass is 32.2. The van der Waals surface area contributed by atoms with E-state index in [1.807, 2.05) is 0 Å². The van der Waals surface area contributed by atoms with E-state index in [2.05, 4.69) is 9.46 Å². The summed E-state index contributed by atoms with van der Waals surface area (Å²) in [5, 5.41) is 8.93. The Kier molecular flexibility index (Phi) is 5.45. The number of carbonyl (C=O) groups is 2. The van der Waals surface area contributed by atoms with Gasteiger partial charge in [0, 0.05) is 0 Å². The van der Waals surface area contributed by atoms with Crippen LogP contribution < -0.4 is 4.72 Å². The number of carboxylic acids is 1. The molecule has 1 aromatic rings. The second kappa shape index (κ2) is 6.68. The number of aliphatic carboxylic acids is 1. The van der Waals surface area contributed by atoms with Crippen LogP contribution in [0.15, 0.2) is 23.1 Å². The largest absolute Gasteiger partial charge is 0.480 e. The van der Waals surface area contributed by atoms with Gasteiger partial charge in [-0.25, -0.2) is 13.2 Å². The molecule has 116 valence electrons. The molecule has 0 aromatic heterocycles. The van der Waals surface area contributed by atoms with Gasteiger partial charge < -0.3 is 9.84 Å². The fourth-order valence-electron chi connectivity index (χ4n) is 1.69. The molecule has 0 radical (unpaired) electrons. The van der Waals surface area contributed by atoms with E-state index in [0.29, 0.717) is 5.56 Å².